The Hall–Kier alpha value is -2.93. The Labute approximate surface area is 183 Å². The van der Waals surface area contributed by atoms with Gasteiger partial charge in [-0.3, -0.25) is 5.01 Å². The van der Waals surface area contributed by atoms with Crippen LogP contribution in [0.2, 0.25) is 0 Å². The average molecular weight is 429 g/mol. The van der Waals surface area contributed by atoms with Gasteiger partial charge in [-0.2, -0.15) is 15.2 Å². The lowest BCUT2D eigenvalue weighted by Crippen LogP contribution is -2.47. The van der Waals surface area contributed by atoms with Crippen molar-refractivity contribution in [3.63, 3.8) is 0 Å². The average Bonchev–Trinajstić information content (AvgIpc) is 3.33. The second kappa shape index (κ2) is 9.47. The highest BCUT2D eigenvalue weighted by atomic mass is 16.6. The number of carbonyl (C=O) groups is 1. The maximum Gasteiger partial charge on any atom is 0.426 e. The summed E-state index contributed by atoms with van der Waals surface area (Å²) in [5, 5.41) is 11.2. The molecule has 168 valence electrons. The molecule has 10 heteroatoms. The lowest BCUT2D eigenvalue weighted by Gasteiger charge is -2.29. The molecule has 0 spiro atoms. The summed E-state index contributed by atoms with van der Waals surface area (Å²) >= 11 is 0. The van der Waals surface area contributed by atoms with Crippen LogP contribution in [-0.2, 0) is 11.3 Å². The van der Waals surface area contributed by atoms with Crippen LogP contribution in [-0.4, -0.2) is 63.3 Å². The van der Waals surface area contributed by atoms with Crippen molar-refractivity contribution in [3.05, 3.63) is 12.2 Å². The Balaban J connectivity index is 1.98. The fraction of sp³-hybridized carbons (Fsp3) is 0.667. The van der Waals surface area contributed by atoms with E-state index in [2.05, 4.69) is 25.3 Å². The van der Waals surface area contributed by atoms with Crippen LogP contribution in [0.3, 0.4) is 0 Å². The molecule has 1 fully saturated rings. The predicted molar refractivity (Wildman–Crippen MR) is 117 cm³/mol. The van der Waals surface area contributed by atoms with Crippen molar-refractivity contribution < 1.29 is 9.53 Å². The number of aromatic nitrogens is 4. The molecule has 1 N–H and O–H groups in total. The molecule has 0 atom stereocenters. The first kappa shape index (κ1) is 22.7. The van der Waals surface area contributed by atoms with Crippen LogP contribution in [0, 0.1) is 17.2 Å². The fourth-order valence-corrected chi connectivity index (χ4v) is 3.69. The molecule has 1 aliphatic carbocycles. The van der Waals surface area contributed by atoms with Crippen molar-refractivity contribution >= 4 is 23.1 Å². The van der Waals surface area contributed by atoms with Gasteiger partial charge in [0.15, 0.2) is 17.0 Å². The molecule has 1 amide bonds. The van der Waals surface area contributed by atoms with E-state index in [-0.39, 0.29) is 5.82 Å². The van der Waals surface area contributed by atoms with E-state index in [9.17, 15) is 10.1 Å². The summed E-state index contributed by atoms with van der Waals surface area (Å²) in [7, 11) is 3.99. The molecule has 31 heavy (non-hydrogen) atoms. The van der Waals surface area contributed by atoms with Crippen LogP contribution in [0.4, 0.5) is 10.6 Å². The highest BCUT2D eigenvalue weighted by Crippen LogP contribution is 2.29. The molecular weight excluding hydrogens is 396 g/mol. The molecule has 3 rings (SSSR count). The zero-order chi connectivity index (χ0) is 22.6. The molecule has 0 aliphatic heterocycles. The summed E-state index contributed by atoms with van der Waals surface area (Å²) in [6.07, 6.45) is 5.66. The summed E-state index contributed by atoms with van der Waals surface area (Å²) in [6.45, 7) is 7.49. The van der Waals surface area contributed by atoms with Crippen LogP contribution >= 0.6 is 0 Å². The van der Waals surface area contributed by atoms with Gasteiger partial charge in [-0.15, -0.1) is 0 Å². The molecule has 0 saturated heterocycles. The third kappa shape index (κ3) is 6.04. The maximum absolute atomic E-state index is 12.6. The number of anilines is 1. The SMILES string of the molecule is CN(C)CCn1cnc2c(N(CC3CCCC3)NC(=O)OC(C)(C)C)nc(C#N)nc21. The number of imidazole rings is 1. The minimum Gasteiger partial charge on any atom is -0.443 e. The molecule has 1 aliphatic rings. The molecule has 2 aromatic rings. The fourth-order valence-electron chi connectivity index (χ4n) is 3.69. The zero-order valence-corrected chi connectivity index (χ0v) is 19.1. The van der Waals surface area contributed by atoms with Crippen molar-refractivity contribution in [1.82, 2.24) is 29.8 Å². The largest absolute Gasteiger partial charge is 0.443 e. The number of hydrogen-bond acceptors (Lipinski definition) is 8. The lowest BCUT2D eigenvalue weighted by atomic mass is 10.1. The Morgan fingerprint density at radius 3 is 2.65 bits per heavy atom. The minimum absolute atomic E-state index is 0.0384. The number of hydrogen-bond donors (Lipinski definition) is 1. The number of fused-ring (bicyclic) bond motifs is 1. The smallest absolute Gasteiger partial charge is 0.426 e. The van der Waals surface area contributed by atoms with Crippen molar-refractivity contribution in [3.8, 4) is 6.07 Å². The van der Waals surface area contributed by atoms with E-state index in [0.29, 0.717) is 36.0 Å². The number of nitriles is 1. The van der Waals surface area contributed by atoms with Crippen molar-refractivity contribution in [1.29, 1.82) is 5.26 Å². The summed E-state index contributed by atoms with van der Waals surface area (Å²) in [5.74, 6) is 0.876. The van der Waals surface area contributed by atoms with Gasteiger partial charge < -0.3 is 14.2 Å². The van der Waals surface area contributed by atoms with Gasteiger partial charge in [0.05, 0.1) is 6.33 Å². The van der Waals surface area contributed by atoms with Crippen LogP contribution in [0.1, 0.15) is 52.3 Å². The van der Waals surface area contributed by atoms with E-state index in [1.165, 1.54) is 12.8 Å². The molecule has 0 aromatic carbocycles. The van der Waals surface area contributed by atoms with E-state index >= 15 is 0 Å². The summed E-state index contributed by atoms with van der Waals surface area (Å²) in [5.41, 5.74) is 3.33. The van der Waals surface area contributed by atoms with Gasteiger partial charge in [0.25, 0.3) is 0 Å². The van der Waals surface area contributed by atoms with Gasteiger partial charge in [-0.25, -0.2) is 15.2 Å². The first-order valence-corrected chi connectivity index (χ1v) is 10.7. The standard InChI is InChI=1S/C21H32N8O2/c1-21(2,3)31-20(30)26-29(13-15-8-6-7-9-15)19-17-18(24-16(12-22)25-19)28(14-23-17)11-10-27(4)5/h14-15H,6-11,13H2,1-5H3,(H,26,30). The number of carbonyl (C=O) groups excluding carboxylic acids is 1. The van der Waals surface area contributed by atoms with Crippen LogP contribution in [0.5, 0.6) is 0 Å². The monoisotopic (exact) mass is 428 g/mol. The van der Waals surface area contributed by atoms with Crippen molar-refractivity contribution in [2.75, 3.05) is 32.2 Å². The van der Waals surface area contributed by atoms with Gasteiger partial charge in [0.1, 0.15) is 11.7 Å². The summed E-state index contributed by atoms with van der Waals surface area (Å²) in [4.78, 5) is 28.0. The maximum atomic E-state index is 12.6. The quantitative estimate of drug-likeness (QED) is 0.670. The third-order valence-electron chi connectivity index (χ3n) is 5.13. The molecular formula is C21H32N8O2. The second-order valence-electron chi connectivity index (χ2n) is 9.27. The Bertz CT molecular complexity index is 951. The van der Waals surface area contributed by atoms with Crippen LogP contribution in [0.25, 0.3) is 11.2 Å². The van der Waals surface area contributed by atoms with E-state index < -0.39 is 11.7 Å². The highest BCUT2D eigenvalue weighted by molar-refractivity contribution is 5.85. The molecule has 2 aromatic heterocycles. The lowest BCUT2D eigenvalue weighted by molar-refractivity contribution is 0.0518. The number of nitrogens with one attached hydrogen (secondary N) is 1. The number of likely N-dealkylation sites (N-methyl/N-ethyl adjacent to an activating group) is 1. The molecule has 2 heterocycles. The minimum atomic E-state index is -0.629. The van der Waals surface area contributed by atoms with Gasteiger partial charge in [0.2, 0.25) is 5.82 Å². The Kier molecular flexibility index (Phi) is 6.95. The Morgan fingerprint density at radius 2 is 2.03 bits per heavy atom. The number of amides is 1. The zero-order valence-electron chi connectivity index (χ0n) is 19.1. The first-order valence-electron chi connectivity index (χ1n) is 10.7. The molecule has 1 saturated carbocycles. The molecule has 0 bridgehead atoms. The number of ether oxygens (including phenoxy) is 1. The van der Waals surface area contributed by atoms with Crippen molar-refractivity contribution in [2.45, 2.75) is 58.6 Å². The van der Waals surface area contributed by atoms with E-state index in [4.69, 9.17) is 4.74 Å². The van der Waals surface area contributed by atoms with Gasteiger partial charge in [0, 0.05) is 19.6 Å². The van der Waals surface area contributed by atoms with E-state index in [0.717, 1.165) is 19.4 Å². The van der Waals surface area contributed by atoms with E-state index in [1.54, 1.807) is 11.3 Å². The van der Waals surface area contributed by atoms with Crippen molar-refractivity contribution in [2.24, 2.45) is 5.92 Å². The molecule has 0 radical (unpaired) electrons. The third-order valence-corrected chi connectivity index (χ3v) is 5.13. The normalized spacial score (nSPS) is 14.7. The van der Waals surface area contributed by atoms with Gasteiger partial charge in [-0.1, -0.05) is 12.8 Å². The first-order chi connectivity index (χ1) is 14.7. The predicted octanol–water partition coefficient (Wildman–Crippen LogP) is 2.70. The molecule has 0 unspecified atom stereocenters. The number of rotatable bonds is 7. The highest BCUT2D eigenvalue weighted by Gasteiger charge is 2.26. The topological polar surface area (TPSA) is 112 Å². The van der Waals surface area contributed by atoms with Gasteiger partial charge >= 0.3 is 6.09 Å². The second-order valence-corrected chi connectivity index (χ2v) is 9.27. The van der Waals surface area contributed by atoms with Gasteiger partial charge in [-0.05, 0) is 53.6 Å². The number of hydrazine groups is 1. The molecule has 10 nitrogen and oxygen atoms in total. The van der Waals surface area contributed by atoms with Crippen LogP contribution in [0.15, 0.2) is 6.33 Å². The summed E-state index contributed by atoms with van der Waals surface area (Å²) < 4.78 is 7.37. The van der Waals surface area contributed by atoms with E-state index in [1.807, 2.05) is 45.5 Å². The summed E-state index contributed by atoms with van der Waals surface area (Å²) in [6, 6.07) is 2.04. The Morgan fingerprint density at radius 1 is 1.32 bits per heavy atom. The number of nitrogens with zero attached hydrogens (tertiary/aromatic N) is 7. The van der Waals surface area contributed by atoms with Crippen LogP contribution < -0.4 is 10.4 Å².